The fraction of sp³-hybridized carbons (Fsp3) is 0.133. The second-order valence-corrected chi connectivity index (χ2v) is 4.52. The van der Waals surface area contributed by atoms with Crippen molar-refractivity contribution in [1.82, 2.24) is 0 Å². The van der Waals surface area contributed by atoms with Crippen LogP contribution in [0.4, 0.5) is 23.7 Å². The Bertz CT molecular complexity index is 633. The van der Waals surface area contributed by atoms with Crippen LogP contribution in [0.1, 0.15) is 5.56 Å². The summed E-state index contributed by atoms with van der Waals surface area (Å²) in [5.41, 5.74) is 6.50. The zero-order valence-electron chi connectivity index (χ0n) is 11.2. The number of rotatable bonds is 2. The molecule has 2 amide bonds. The van der Waals surface area contributed by atoms with Crippen molar-refractivity contribution >= 4 is 11.7 Å². The van der Waals surface area contributed by atoms with Crippen LogP contribution in [0.3, 0.4) is 0 Å². The van der Waals surface area contributed by atoms with E-state index in [9.17, 15) is 18.0 Å². The minimum Gasteiger partial charge on any atom is -0.351 e. The molecule has 6 heteroatoms. The number of carbonyl (C=O) groups excluding carboxylic acids is 1. The highest BCUT2D eigenvalue weighted by Gasteiger charge is 2.29. The number of halogens is 3. The maximum atomic E-state index is 12.5. The highest BCUT2D eigenvalue weighted by Crippen LogP contribution is 2.31. The maximum absolute atomic E-state index is 12.5. The molecule has 0 aliphatic rings. The topological polar surface area (TPSA) is 46.3 Å². The van der Waals surface area contributed by atoms with Gasteiger partial charge in [0, 0.05) is 12.7 Å². The van der Waals surface area contributed by atoms with Gasteiger partial charge in [0.05, 0.1) is 5.56 Å². The summed E-state index contributed by atoms with van der Waals surface area (Å²) >= 11 is 0. The van der Waals surface area contributed by atoms with Crippen LogP contribution in [-0.4, -0.2) is 13.1 Å². The number of hydrogen-bond acceptors (Lipinski definition) is 1. The monoisotopic (exact) mass is 294 g/mol. The van der Waals surface area contributed by atoms with Gasteiger partial charge in [0.15, 0.2) is 0 Å². The summed E-state index contributed by atoms with van der Waals surface area (Å²) in [7, 11) is 1.54. The lowest BCUT2D eigenvalue weighted by Gasteiger charge is -2.14. The van der Waals surface area contributed by atoms with Crippen molar-refractivity contribution in [3.05, 3.63) is 54.1 Å². The van der Waals surface area contributed by atoms with E-state index in [4.69, 9.17) is 5.73 Å². The first-order valence-electron chi connectivity index (χ1n) is 6.10. The lowest BCUT2D eigenvalue weighted by atomic mass is 10.0. The Morgan fingerprint density at radius 2 is 1.38 bits per heavy atom. The third-order valence-corrected chi connectivity index (χ3v) is 3.13. The number of nitrogens with zero attached hydrogens (tertiary/aromatic N) is 1. The number of nitrogens with two attached hydrogens (primary N) is 1. The summed E-state index contributed by atoms with van der Waals surface area (Å²) in [5.74, 6) is 0. The molecule has 0 atom stereocenters. The molecule has 0 saturated heterocycles. The molecule has 0 spiro atoms. The molecule has 110 valence electrons. The van der Waals surface area contributed by atoms with Gasteiger partial charge in [0.25, 0.3) is 0 Å². The zero-order valence-corrected chi connectivity index (χ0v) is 11.2. The number of urea groups is 1. The molecule has 0 aliphatic carbocycles. The Balaban J connectivity index is 2.25. The van der Waals surface area contributed by atoms with Gasteiger partial charge in [-0.1, -0.05) is 24.3 Å². The number of hydrogen-bond donors (Lipinski definition) is 1. The van der Waals surface area contributed by atoms with E-state index in [1.165, 1.54) is 24.1 Å². The van der Waals surface area contributed by atoms with Crippen LogP contribution >= 0.6 is 0 Å². The molecule has 0 bridgehead atoms. The standard InChI is InChI=1S/C15H13F3N2O/c1-20(14(19)21)13-8-4-11(5-9-13)10-2-6-12(7-3-10)15(16,17)18/h2-9H,1H3,(H2,19,21). The summed E-state index contributed by atoms with van der Waals surface area (Å²) in [6.45, 7) is 0. The molecule has 21 heavy (non-hydrogen) atoms. The summed E-state index contributed by atoms with van der Waals surface area (Å²) in [5, 5.41) is 0. The van der Waals surface area contributed by atoms with Crippen molar-refractivity contribution in [2.24, 2.45) is 5.73 Å². The number of primary amides is 1. The molecule has 2 N–H and O–H groups in total. The zero-order chi connectivity index (χ0) is 15.6. The Morgan fingerprint density at radius 3 is 1.76 bits per heavy atom. The van der Waals surface area contributed by atoms with E-state index >= 15 is 0 Å². The first kappa shape index (κ1) is 14.9. The molecular formula is C15H13F3N2O. The Morgan fingerprint density at radius 1 is 0.952 bits per heavy atom. The average Bonchev–Trinajstić information content (AvgIpc) is 2.46. The van der Waals surface area contributed by atoms with Crippen molar-refractivity contribution in [1.29, 1.82) is 0 Å². The van der Waals surface area contributed by atoms with Gasteiger partial charge in [-0.3, -0.25) is 4.90 Å². The normalized spacial score (nSPS) is 11.2. The van der Waals surface area contributed by atoms with E-state index in [1.807, 2.05) is 0 Å². The number of carbonyl (C=O) groups is 1. The van der Waals surface area contributed by atoms with Crippen LogP contribution in [0.15, 0.2) is 48.5 Å². The molecule has 0 unspecified atom stereocenters. The van der Waals surface area contributed by atoms with E-state index in [1.54, 1.807) is 24.3 Å². The van der Waals surface area contributed by atoms with Gasteiger partial charge in [-0.05, 0) is 35.4 Å². The molecule has 0 heterocycles. The van der Waals surface area contributed by atoms with Crippen LogP contribution in [0.25, 0.3) is 11.1 Å². The van der Waals surface area contributed by atoms with Gasteiger partial charge >= 0.3 is 12.2 Å². The minimum atomic E-state index is -4.34. The molecule has 0 aromatic heterocycles. The smallest absolute Gasteiger partial charge is 0.351 e. The van der Waals surface area contributed by atoms with Gasteiger partial charge in [0.2, 0.25) is 0 Å². The summed E-state index contributed by atoms with van der Waals surface area (Å²) in [4.78, 5) is 12.3. The molecule has 2 aromatic rings. The predicted molar refractivity (Wildman–Crippen MR) is 74.9 cm³/mol. The van der Waals surface area contributed by atoms with Crippen LogP contribution in [-0.2, 0) is 6.18 Å². The number of anilines is 1. The van der Waals surface area contributed by atoms with Gasteiger partial charge in [-0.15, -0.1) is 0 Å². The average molecular weight is 294 g/mol. The highest BCUT2D eigenvalue weighted by atomic mass is 19.4. The first-order valence-corrected chi connectivity index (χ1v) is 6.10. The second kappa shape index (κ2) is 5.47. The van der Waals surface area contributed by atoms with Gasteiger partial charge < -0.3 is 5.73 Å². The van der Waals surface area contributed by atoms with Gasteiger partial charge in [0.1, 0.15) is 0 Å². The van der Waals surface area contributed by atoms with E-state index in [2.05, 4.69) is 0 Å². The molecule has 2 aromatic carbocycles. The van der Waals surface area contributed by atoms with Gasteiger partial charge in [-0.25, -0.2) is 4.79 Å². The first-order chi connectivity index (χ1) is 9.79. The summed E-state index contributed by atoms with van der Waals surface area (Å²) in [6, 6.07) is 11.1. The van der Waals surface area contributed by atoms with Crippen LogP contribution in [0, 0.1) is 0 Å². The SMILES string of the molecule is CN(C(N)=O)c1ccc(-c2ccc(C(F)(F)F)cc2)cc1. The third kappa shape index (κ3) is 3.34. The summed E-state index contributed by atoms with van der Waals surface area (Å²) in [6.07, 6.45) is -4.34. The Labute approximate surface area is 119 Å². The molecular weight excluding hydrogens is 281 g/mol. The lowest BCUT2D eigenvalue weighted by molar-refractivity contribution is -0.137. The van der Waals surface area contributed by atoms with Crippen molar-refractivity contribution in [3.8, 4) is 11.1 Å². The fourth-order valence-electron chi connectivity index (χ4n) is 1.86. The molecule has 0 saturated carbocycles. The van der Waals surface area contributed by atoms with E-state index in [-0.39, 0.29) is 0 Å². The minimum absolute atomic E-state index is 0.586. The lowest BCUT2D eigenvalue weighted by Crippen LogP contribution is -2.31. The van der Waals surface area contributed by atoms with Crippen molar-refractivity contribution < 1.29 is 18.0 Å². The van der Waals surface area contributed by atoms with Gasteiger partial charge in [-0.2, -0.15) is 13.2 Å². The predicted octanol–water partition coefficient (Wildman–Crippen LogP) is 3.89. The maximum Gasteiger partial charge on any atom is 0.416 e. The van der Waals surface area contributed by atoms with Crippen molar-refractivity contribution in [2.45, 2.75) is 6.18 Å². The Kier molecular flexibility index (Phi) is 3.88. The molecule has 0 aliphatic heterocycles. The largest absolute Gasteiger partial charge is 0.416 e. The van der Waals surface area contributed by atoms with Crippen LogP contribution in [0.2, 0.25) is 0 Å². The third-order valence-electron chi connectivity index (χ3n) is 3.13. The number of benzene rings is 2. The Hall–Kier alpha value is -2.50. The molecule has 0 radical (unpaired) electrons. The molecule has 0 fully saturated rings. The van der Waals surface area contributed by atoms with Crippen molar-refractivity contribution in [3.63, 3.8) is 0 Å². The summed E-state index contributed by atoms with van der Waals surface area (Å²) < 4.78 is 37.5. The number of amides is 2. The van der Waals surface area contributed by atoms with Crippen LogP contribution < -0.4 is 10.6 Å². The quantitative estimate of drug-likeness (QED) is 0.897. The van der Waals surface area contributed by atoms with E-state index in [0.29, 0.717) is 11.3 Å². The highest BCUT2D eigenvalue weighted by molar-refractivity contribution is 5.90. The fourth-order valence-corrected chi connectivity index (χ4v) is 1.86. The van der Waals surface area contributed by atoms with E-state index in [0.717, 1.165) is 17.7 Å². The molecule has 2 rings (SSSR count). The second-order valence-electron chi connectivity index (χ2n) is 4.52. The van der Waals surface area contributed by atoms with E-state index < -0.39 is 17.8 Å². The van der Waals surface area contributed by atoms with Crippen molar-refractivity contribution in [2.75, 3.05) is 11.9 Å². The number of alkyl halides is 3. The van der Waals surface area contributed by atoms with Crippen LogP contribution in [0.5, 0.6) is 0 Å². The molecule has 3 nitrogen and oxygen atoms in total.